The van der Waals surface area contributed by atoms with Gasteiger partial charge >= 0.3 is 6.18 Å². The Morgan fingerprint density at radius 1 is 1.08 bits per heavy atom. The maximum atomic E-state index is 12.5. The Morgan fingerprint density at radius 3 is 2.50 bits per heavy atom. The molecule has 10 heteroatoms. The molecule has 0 atom stereocenters. The molecule has 7 nitrogen and oxygen atoms in total. The van der Waals surface area contributed by atoms with Gasteiger partial charge in [-0.1, -0.05) is 6.07 Å². The minimum atomic E-state index is -4.53. The van der Waals surface area contributed by atoms with Crippen LogP contribution in [0.15, 0.2) is 42.9 Å². The van der Waals surface area contributed by atoms with E-state index in [1.165, 1.54) is 18.2 Å². The van der Waals surface area contributed by atoms with Crippen molar-refractivity contribution in [1.29, 1.82) is 0 Å². The van der Waals surface area contributed by atoms with E-state index in [-0.39, 0.29) is 22.7 Å². The first-order valence-corrected chi connectivity index (χ1v) is 6.54. The van der Waals surface area contributed by atoms with Crippen molar-refractivity contribution in [3.8, 4) is 0 Å². The number of nitro groups is 1. The number of alkyl halides is 3. The van der Waals surface area contributed by atoms with Gasteiger partial charge in [0, 0.05) is 6.07 Å². The third-order valence-corrected chi connectivity index (χ3v) is 3.16. The molecule has 3 rings (SSSR count). The lowest BCUT2D eigenvalue weighted by molar-refractivity contribution is -0.383. The number of rotatable bonds is 3. The largest absolute Gasteiger partial charge is 0.433 e. The fourth-order valence-corrected chi connectivity index (χ4v) is 2.09. The van der Waals surface area contributed by atoms with E-state index in [9.17, 15) is 23.3 Å². The van der Waals surface area contributed by atoms with Gasteiger partial charge in [0.05, 0.1) is 22.2 Å². The molecule has 24 heavy (non-hydrogen) atoms. The molecule has 0 amide bonds. The minimum absolute atomic E-state index is 0.125. The van der Waals surface area contributed by atoms with Gasteiger partial charge in [-0.05, 0) is 18.2 Å². The first-order chi connectivity index (χ1) is 11.4. The number of non-ortho nitro benzene ring substituents is 1. The van der Waals surface area contributed by atoms with Gasteiger partial charge in [-0.25, -0.2) is 15.0 Å². The van der Waals surface area contributed by atoms with Crippen molar-refractivity contribution in [3.05, 3.63) is 58.7 Å². The average Bonchev–Trinajstić information content (AvgIpc) is 2.54. The standard InChI is InChI=1S/C14H8F3N5O2/c15-14(16,17)11-5-4-8(6-18-11)21-13-9-2-1-3-10(22(23)24)12(9)19-7-20-13/h1-7H,(H,19,20,21). The number of fused-ring (bicyclic) bond motifs is 1. The summed E-state index contributed by atoms with van der Waals surface area (Å²) in [6.07, 6.45) is -2.38. The van der Waals surface area contributed by atoms with Crippen molar-refractivity contribution >= 4 is 28.1 Å². The smallest absolute Gasteiger partial charge is 0.338 e. The van der Waals surface area contributed by atoms with E-state index in [1.54, 1.807) is 6.07 Å². The highest BCUT2D eigenvalue weighted by molar-refractivity contribution is 5.95. The second-order valence-electron chi connectivity index (χ2n) is 4.71. The number of halogens is 3. The van der Waals surface area contributed by atoms with Crippen LogP contribution in [0.5, 0.6) is 0 Å². The van der Waals surface area contributed by atoms with Crippen LogP contribution in [0.2, 0.25) is 0 Å². The number of anilines is 2. The molecule has 2 aromatic heterocycles. The summed E-state index contributed by atoms with van der Waals surface area (Å²) in [6.45, 7) is 0. The molecule has 0 bridgehead atoms. The maximum Gasteiger partial charge on any atom is 0.433 e. The molecule has 0 radical (unpaired) electrons. The van der Waals surface area contributed by atoms with E-state index in [0.717, 1.165) is 18.6 Å². The predicted octanol–water partition coefficient (Wildman–Crippen LogP) is 3.70. The normalized spacial score (nSPS) is 11.5. The molecule has 0 saturated heterocycles. The number of pyridine rings is 1. The molecule has 122 valence electrons. The van der Waals surface area contributed by atoms with E-state index in [1.807, 2.05) is 0 Å². The highest BCUT2D eigenvalue weighted by Gasteiger charge is 2.32. The SMILES string of the molecule is O=[N+]([O-])c1cccc2c(Nc3ccc(C(F)(F)F)nc3)ncnc12. The van der Waals surface area contributed by atoms with Gasteiger partial charge in [0.15, 0.2) is 5.52 Å². The van der Waals surface area contributed by atoms with E-state index < -0.39 is 16.8 Å². The molecule has 0 unspecified atom stereocenters. The summed E-state index contributed by atoms with van der Waals surface area (Å²) in [5.74, 6) is 0.227. The molecule has 0 aliphatic heterocycles. The zero-order valence-electron chi connectivity index (χ0n) is 11.8. The van der Waals surface area contributed by atoms with Crippen molar-refractivity contribution in [2.24, 2.45) is 0 Å². The Balaban J connectivity index is 1.99. The predicted molar refractivity (Wildman–Crippen MR) is 78.7 cm³/mol. The zero-order valence-corrected chi connectivity index (χ0v) is 11.8. The summed E-state index contributed by atoms with van der Waals surface area (Å²) >= 11 is 0. The van der Waals surface area contributed by atoms with E-state index in [4.69, 9.17) is 0 Å². The summed E-state index contributed by atoms with van der Waals surface area (Å²) in [4.78, 5) is 21.7. The second kappa shape index (κ2) is 5.72. The number of nitrogens with one attached hydrogen (secondary N) is 1. The molecule has 3 aromatic rings. The van der Waals surface area contributed by atoms with Gasteiger partial charge in [0.1, 0.15) is 17.8 Å². The van der Waals surface area contributed by atoms with Crippen LogP contribution >= 0.6 is 0 Å². The first kappa shape index (κ1) is 15.6. The Labute approximate surface area is 132 Å². The summed E-state index contributed by atoms with van der Waals surface area (Å²) in [5.41, 5.74) is -0.825. The van der Waals surface area contributed by atoms with E-state index in [0.29, 0.717) is 5.39 Å². The summed E-state index contributed by atoms with van der Waals surface area (Å²) in [5, 5.41) is 14.2. The second-order valence-corrected chi connectivity index (χ2v) is 4.71. The summed E-state index contributed by atoms with van der Waals surface area (Å²) in [6, 6.07) is 6.37. The fraction of sp³-hybridized carbons (Fsp3) is 0.0714. The highest BCUT2D eigenvalue weighted by Crippen LogP contribution is 2.30. The lowest BCUT2D eigenvalue weighted by Crippen LogP contribution is -2.07. The molecule has 0 spiro atoms. The quantitative estimate of drug-likeness (QED) is 0.579. The fourth-order valence-electron chi connectivity index (χ4n) is 2.09. The van der Waals surface area contributed by atoms with Crippen molar-refractivity contribution in [2.45, 2.75) is 6.18 Å². The van der Waals surface area contributed by atoms with Gasteiger partial charge in [0.25, 0.3) is 5.69 Å². The number of hydrogen-bond acceptors (Lipinski definition) is 6. The first-order valence-electron chi connectivity index (χ1n) is 6.54. The molecule has 1 N–H and O–H groups in total. The van der Waals surface area contributed by atoms with Crippen LogP contribution in [0, 0.1) is 10.1 Å². The van der Waals surface area contributed by atoms with Gasteiger partial charge in [-0.15, -0.1) is 0 Å². The third-order valence-electron chi connectivity index (χ3n) is 3.16. The van der Waals surface area contributed by atoms with Crippen LogP contribution in [0.3, 0.4) is 0 Å². The Bertz CT molecular complexity index is 912. The minimum Gasteiger partial charge on any atom is -0.338 e. The lowest BCUT2D eigenvalue weighted by atomic mass is 10.2. The number of nitro benzene ring substituents is 1. The lowest BCUT2D eigenvalue weighted by Gasteiger charge is -2.09. The Kier molecular flexibility index (Phi) is 3.72. The number of hydrogen-bond donors (Lipinski definition) is 1. The maximum absolute atomic E-state index is 12.5. The topological polar surface area (TPSA) is 93.8 Å². The van der Waals surface area contributed by atoms with Crippen LogP contribution in [0.1, 0.15) is 5.69 Å². The Morgan fingerprint density at radius 2 is 1.88 bits per heavy atom. The summed E-state index contributed by atoms with van der Waals surface area (Å²) in [7, 11) is 0. The molecular formula is C14H8F3N5O2. The molecule has 0 aliphatic rings. The molecule has 1 aromatic carbocycles. The molecule has 2 heterocycles. The third kappa shape index (κ3) is 2.93. The van der Waals surface area contributed by atoms with Crippen LogP contribution < -0.4 is 5.32 Å². The monoisotopic (exact) mass is 335 g/mol. The van der Waals surface area contributed by atoms with Crippen LogP contribution in [-0.2, 0) is 6.18 Å². The highest BCUT2D eigenvalue weighted by atomic mass is 19.4. The van der Waals surface area contributed by atoms with Crippen molar-refractivity contribution < 1.29 is 18.1 Å². The van der Waals surface area contributed by atoms with Gasteiger partial charge in [-0.2, -0.15) is 13.2 Å². The Hall–Kier alpha value is -3.30. The van der Waals surface area contributed by atoms with Crippen LogP contribution in [0.4, 0.5) is 30.4 Å². The van der Waals surface area contributed by atoms with E-state index >= 15 is 0 Å². The number of para-hydroxylation sites is 1. The number of nitrogens with zero attached hydrogens (tertiary/aromatic N) is 4. The summed E-state index contributed by atoms with van der Waals surface area (Å²) < 4.78 is 37.5. The van der Waals surface area contributed by atoms with Crippen molar-refractivity contribution in [1.82, 2.24) is 15.0 Å². The van der Waals surface area contributed by atoms with Crippen molar-refractivity contribution in [2.75, 3.05) is 5.32 Å². The number of aromatic nitrogens is 3. The number of benzene rings is 1. The zero-order chi connectivity index (χ0) is 17.3. The van der Waals surface area contributed by atoms with Gasteiger partial charge < -0.3 is 5.32 Å². The van der Waals surface area contributed by atoms with Crippen molar-refractivity contribution in [3.63, 3.8) is 0 Å². The average molecular weight is 335 g/mol. The van der Waals surface area contributed by atoms with Crippen LogP contribution in [-0.4, -0.2) is 19.9 Å². The van der Waals surface area contributed by atoms with E-state index in [2.05, 4.69) is 20.3 Å². The molecule has 0 saturated carbocycles. The molecule has 0 fully saturated rings. The molecule has 0 aliphatic carbocycles. The van der Waals surface area contributed by atoms with Gasteiger partial charge in [-0.3, -0.25) is 10.1 Å². The van der Waals surface area contributed by atoms with Gasteiger partial charge in [0.2, 0.25) is 0 Å². The molecular weight excluding hydrogens is 327 g/mol. The van der Waals surface area contributed by atoms with Crippen LogP contribution in [0.25, 0.3) is 10.9 Å².